The minimum atomic E-state index is -0.696. The maximum absolute atomic E-state index is 9.91. The van der Waals surface area contributed by atoms with E-state index in [0.29, 0.717) is 6.54 Å². The first kappa shape index (κ1) is 11.0. The van der Waals surface area contributed by atoms with E-state index in [9.17, 15) is 10.2 Å². The van der Waals surface area contributed by atoms with Gasteiger partial charge in [-0.25, -0.2) is 0 Å². The summed E-state index contributed by atoms with van der Waals surface area (Å²) in [6.45, 7) is 5.93. The molecule has 1 rings (SSSR count). The molecule has 0 aromatic carbocycles. The van der Waals surface area contributed by atoms with Crippen LogP contribution in [0.5, 0.6) is 0 Å². The minimum absolute atomic E-state index is 0.138. The van der Waals surface area contributed by atoms with Crippen LogP contribution in [0.3, 0.4) is 0 Å². The highest BCUT2D eigenvalue weighted by Crippen LogP contribution is 2.29. The van der Waals surface area contributed by atoms with Crippen LogP contribution in [-0.4, -0.2) is 34.0 Å². The summed E-state index contributed by atoms with van der Waals surface area (Å²) in [5.41, 5.74) is -1.29. The van der Waals surface area contributed by atoms with Gasteiger partial charge in [0.25, 0.3) is 0 Å². The average Bonchev–Trinajstić information content (AvgIpc) is 2.23. The van der Waals surface area contributed by atoms with Gasteiger partial charge in [-0.3, -0.25) is 0 Å². The van der Waals surface area contributed by atoms with Crippen molar-refractivity contribution in [2.45, 2.75) is 57.3 Å². The fourth-order valence-electron chi connectivity index (χ4n) is 1.84. The molecule has 78 valence electrons. The van der Waals surface area contributed by atoms with E-state index in [1.165, 1.54) is 0 Å². The van der Waals surface area contributed by atoms with E-state index in [-0.39, 0.29) is 6.04 Å². The van der Waals surface area contributed by atoms with Crippen molar-refractivity contribution in [2.75, 3.05) is 6.54 Å². The van der Waals surface area contributed by atoms with Crippen molar-refractivity contribution < 1.29 is 10.2 Å². The molecule has 13 heavy (non-hydrogen) atoms. The Bertz CT molecular complexity index is 172. The van der Waals surface area contributed by atoms with Crippen LogP contribution in [0.1, 0.15) is 40.0 Å². The molecule has 0 aromatic rings. The lowest BCUT2D eigenvalue weighted by molar-refractivity contribution is 0.0230. The number of rotatable bonds is 3. The molecule has 0 spiro atoms. The molecule has 1 aliphatic carbocycles. The smallest absolute Gasteiger partial charge is 0.0772 e. The molecule has 1 fully saturated rings. The van der Waals surface area contributed by atoms with Gasteiger partial charge in [0.1, 0.15) is 0 Å². The van der Waals surface area contributed by atoms with E-state index in [1.807, 2.05) is 6.92 Å². The molecule has 0 bridgehead atoms. The van der Waals surface area contributed by atoms with Gasteiger partial charge in [-0.15, -0.1) is 0 Å². The van der Waals surface area contributed by atoms with E-state index in [4.69, 9.17) is 0 Å². The van der Waals surface area contributed by atoms with Crippen molar-refractivity contribution in [2.24, 2.45) is 0 Å². The molecule has 2 atom stereocenters. The van der Waals surface area contributed by atoms with Gasteiger partial charge in [-0.1, -0.05) is 0 Å². The minimum Gasteiger partial charge on any atom is -0.389 e. The number of hydrogen-bond donors (Lipinski definition) is 3. The first-order valence-corrected chi connectivity index (χ1v) is 4.99. The lowest BCUT2D eigenvalue weighted by Crippen LogP contribution is -2.49. The highest BCUT2D eigenvalue weighted by Gasteiger charge is 2.36. The molecule has 0 amide bonds. The molecule has 1 aliphatic rings. The fraction of sp³-hybridized carbons (Fsp3) is 1.00. The fourth-order valence-corrected chi connectivity index (χ4v) is 1.84. The number of nitrogens with one attached hydrogen (secondary N) is 1. The average molecular weight is 187 g/mol. The quantitative estimate of drug-likeness (QED) is 0.608. The normalized spacial score (nSPS) is 35.3. The zero-order valence-corrected chi connectivity index (χ0v) is 8.80. The van der Waals surface area contributed by atoms with E-state index >= 15 is 0 Å². The molecular weight excluding hydrogens is 166 g/mol. The molecule has 3 nitrogen and oxygen atoms in total. The van der Waals surface area contributed by atoms with E-state index in [0.717, 1.165) is 19.3 Å². The lowest BCUT2D eigenvalue weighted by atomic mass is 9.99. The van der Waals surface area contributed by atoms with Crippen LogP contribution in [0.2, 0.25) is 0 Å². The summed E-state index contributed by atoms with van der Waals surface area (Å²) in [5, 5.41) is 22.6. The van der Waals surface area contributed by atoms with E-state index in [1.54, 1.807) is 13.8 Å². The molecular formula is C10H21NO2. The van der Waals surface area contributed by atoms with E-state index in [2.05, 4.69) is 5.32 Å². The van der Waals surface area contributed by atoms with Crippen LogP contribution < -0.4 is 5.32 Å². The zero-order valence-electron chi connectivity index (χ0n) is 8.80. The van der Waals surface area contributed by atoms with Crippen molar-refractivity contribution in [3.63, 3.8) is 0 Å². The Labute approximate surface area is 80.2 Å². The summed E-state index contributed by atoms with van der Waals surface area (Å²) in [7, 11) is 0. The number of hydrogen-bond acceptors (Lipinski definition) is 3. The van der Waals surface area contributed by atoms with Crippen LogP contribution in [0.4, 0.5) is 0 Å². The van der Waals surface area contributed by atoms with Crippen molar-refractivity contribution in [1.82, 2.24) is 5.32 Å². The second-order valence-electron chi connectivity index (χ2n) is 5.00. The third kappa shape index (κ3) is 3.25. The predicted molar refractivity (Wildman–Crippen MR) is 52.6 cm³/mol. The highest BCUT2D eigenvalue weighted by molar-refractivity contribution is 4.94. The third-order valence-electron chi connectivity index (χ3n) is 2.71. The van der Waals surface area contributed by atoms with Crippen molar-refractivity contribution in [3.05, 3.63) is 0 Å². The second-order valence-corrected chi connectivity index (χ2v) is 5.00. The molecule has 0 aromatic heterocycles. The topological polar surface area (TPSA) is 52.5 Å². The number of aliphatic hydroxyl groups is 2. The van der Waals surface area contributed by atoms with Crippen LogP contribution in [0, 0.1) is 0 Å². The van der Waals surface area contributed by atoms with Gasteiger partial charge in [-0.05, 0) is 40.0 Å². The van der Waals surface area contributed by atoms with Crippen molar-refractivity contribution in [1.29, 1.82) is 0 Å². The summed E-state index contributed by atoms with van der Waals surface area (Å²) >= 11 is 0. The Kier molecular flexibility index (Phi) is 3.00. The molecule has 0 radical (unpaired) electrons. The summed E-state index contributed by atoms with van der Waals surface area (Å²) in [6, 6.07) is 0.138. The summed E-state index contributed by atoms with van der Waals surface area (Å²) in [5.74, 6) is 0. The molecule has 0 heterocycles. The first-order chi connectivity index (χ1) is 5.81. The van der Waals surface area contributed by atoms with Gasteiger partial charge in [-0.2, -0.15) is 0 Å². The van der Waals surface area contributed by atoms with Crippen LogP contribution in [-0.2, 0) is 0 Å². The second kappa shape index (κ2) is 3.56. The SMILES string of the molecule is CC(C)(O)CNC1CCCC1(C)O. The zero-order chi connectivity index (χ0) is 10.1. The van der Waals surface area contributed by atoms with Gasteiger partial charge in [0.15, 0.2) is 0 Å². The summed E-state index contributed by atoms with van der Waals surface area (Å²) in [6.07, 6.45) is 2.93. The van der Waals surface area contributed by atoms with Gasteiger partial charge >= 0.3 is 0 Å². The Hall–Kier alpha value is -0.120. The van der Waals surface area contributed by atoms with Crippen LogP contribution in [0.15, 0.2) is 0 Å². The molecule has 0 aliphatic heterocycles. The lowest BCUT2D eigenvalue weighted by Gasteiger charge is -2.29. The maximum atomic E-state index is 9.91. The van der Waals surface area contributed by atoms with Gasteiger partial charge in [0.05, 0.1) is 11.2 Å². The summed E-state index contributed by atoms with van der Waals surface area (Å²) in [4.78, 5) is 0. The molecule has 2 unspecified atom stereocenters. The third-order valence-corrected chi connectivity index (χ3v) is 2.71. The van der Waals surface area contributed by atoms with Crippen LogP contribution in [0.25, 0.3) is 0 Å². The molecule has 3 heteroatoms. The maximum Gasteiger partial charge on any atom is 0.0772 e. The Morgan fingerprint density at radius 2 is 2.15 bits per heavy atom. The van der Waals surface area contributed by atoms with E-state index < -0.39 is 11.2 Å². The van der Waals surface area contributed by atoms with Gasteiger partial charge in [0.2, 0.25) is 0 Å². The molecule has 1 saturated carbocycles. The summed E-state index contributed by atoms with van der Waals surface area (Å²) < 4.78 is 0. The standard InChI is InChI=1S/C10H21NO2/c1-9(2,12)7-11-8-5-4-6-10(8,3)13/h8,11-13H,4-7H2,1-3H3. The monoisotopic (exact) mass is 187 g/mol. The Morgan fingerprint density at radius 1 is 1.54 bits per heavy atom. The largest absolute Gasteiger partial charge is 0.389 e. The Morgan fingerprint density at radius 3 is 2.54 bits per heavy atom. The first-order valence-electron chi connectivity index (χ1n) is 4.99. The van der Waals surface area contributed by atoms with Crippen molar-refractivity contribution >= 4 is 0 Å². The predicted octanol–water partition coefficient (Wildman–Crippen LogP) is 0.650. The van der Waals surface area contributed by atoms with Gasteiger partial charge in [0, 0.05) is 12.6 Å². The molecule has 0 saturated heterocycles. The molecule has 3 N–H and O–H groups in total. The van der Waals surface area contributed by atoms with Gasteiger partial charge < -0.3 is 15.5 Å². The van der Waals surface area contributed by atoms with Crippen molar-refractivity contribution in [3.8, 4) is 0 Å². The van der Waals surface area contributed by atoms with Crippen LogP contribution >= 0.6 is 0 Å². The Balaban J connectivity index is 2.37. The highest BCUT2D eigenvalue weighted by atomic mass is 16.3.